The van der Waals surface area contributed by atoms with E-state index in [1.165, 1.54) is 6.20 Å². The van der Waals surface area contributed by atoms with Gasteiger partial charge in [-0.15, -0.1) is 0 Å². The lowest BCUT2D eigenvalue weighted by Crippen LogP contribution is -2.38. The molecule has 1 heterocycles. The fourth-order valence-corrected chi connectivity index (χ4v) is 3.15. The van der Waals surface area contributed by atoms with Crippen molar-refractivity contribution in [3.8, 4) is 11.1 Å². The van der Waals surface area contributed by atoms with Crippen molar-refractivity contribution in [1.29, 1.82) is 0 Å². The Kier molecular flexibility index (Phi) is 6.85. The average molecular weight is 407 g/mol. The summed E-state index contributed by atoms with van der Waals surface area (Å²) in [4.78, 5) is 28.4. The zero-order valence-corrected chi connectivity index (χ0v) is 17.1. The highest BCUT2D eigenvalue weighted by Gasteiger charge is 2.21. The first-order chi connectivity index (χ1) is 14.4. The number of hydrogen-bond acceptors (Lipinski definition) is 6. The number of oxazole rings is 1. The third kappa shape index (κ3) is 5.70. The van der Waals surface area contributed by atoms with Gasteiger partial charge in [-0.1, -0.05) is 36.4 Å². The molecule has 7 nitrogen and oxygen atoms in total. The lowest BCUT2D eigenvalue weighted by Gasteiger charge is -2.18. The Balaban J connectivity index is 1.73. The Morgan fingerprint density at radius 2 is 1.93 bits per heavy atom. The third-order valence-corrected chi connectivity index (χ3v) is 4.55. The van der Waals surface area contributed by atoms with E-state index in [0.29, 0.717) is 18.0 Å². The van der Waals surface area contributed by atoms with Gasteiger partial charge in [0.15, 0.2) is 5.89 Å². The van der Waals surface area contributed by atoms with Crippen molar-refractivity contribution in [2.24, 2.45) is 0 Å². The fraction of sp³-hybridized carbons (Fsp3) is 0.261. The summed E-state index contributed by atoms with van der Waals surface area (Å²) in [6.07, 6.45) is 1.89. The maximum Gasteiger partial charge on any atom is 0.307 e. The molecule has 0 aliphatic carbocycles. The number of nitrogen functional groups attached to an aromatic ring is 1. The number of rotatable bonds is 8. The Morgan fingerprint density at radius 3 is 2.57 bits per heavy atom. The first-order valence-corrected chi connectivity index (χ1v) is 9.78. The van der Waals surface area contributed by atoms with Crippen molar-refractivity contribution in [2.75, 3.05) is 12.3 Å². The number of ether oxygens (including phenoxy) is 1. The van der Waals surface area contributed by atoms with Crippen LogP contribution >= 0.6 is 0 Å². The molecule has 0 radical (unpaired) electrons. The largest absolute Gasteiger partial charge is 0.466 e. The number of amides is 1. The third-order valence-electron chi connectivity index (χ3n) is 4.55. The molecule has 0 aliphatic rings. The predicted molar refractivity (Wildman–Crippen MR) is 114 cm³/mol. The number of carbonyl (C=O) groups excluding carboxylic acids is 2. The number of hydrogen-bond donors (Lipinski definition) is 2. The van der Waals surface area contributed by atoms with Gasteiger partial charge in [0.25, 0.3) is 5.91 Å². The molecule has 1 unspecified atom stereocenters. The van der Waals surface area contributed by atoms with Crippen LogP contribution in [0.15, 0.2) is 59.1 Å². The number of anilines is 1. The van der Waals surface area contributed by atoms with Crippen molar-refractivity contribution in [1.82, 2.24) is 10.3 Å². The first-order valence-electron chi connectivity index (χ1n) is 9.78. The van der Waals surface area contributed by atoms with E-state index >= 15 is 0 Å². The number of aromatic nitrogens is 1. The van der Waals surface area contributed by atoms with Gasteiger partial charge < -0.3 is 20.2 Å². The molecule has 1 aromatic heterocycles. The second-order valence-electron chi connectivity index (χ2n) is 6.95. The van der Waals surface area contributed by atoms with Crippen LogP contribution in [0.3, 0.4) is 0 Å². The van der Waals surface area contributed by atoms with E-state index in [0.717, 1.165) is 16.7 Å². The highest BCUT2D eigenvalue weighted by Crippen LogP contribution is 2.22. The van der Waals surface area contributed by atoms with E-state index in [2.05, 4.69) is 10.3 Å². The number of nitrogens with two attached hydrogens (primary N) is 1. The van der Waals surface area contributed by atoms with Crippen molar-refractivity contribution >= 4 is 17.6 Å². The molecule has 0 fully saturated rings. The number of nitrogens with zero attached hydrogens (tertiary/aromatic N) is 1. The van der Waals surface area contributed by atoms with Gasteiger partial charge in [0.05, 0.1) is 19.2 Å². The quantitative estimate of drug-likeness (QED) is 0.437. The fourth-order valence-electron chi connectivity index (χ4n) is 3.15. The van der Waals surface area contributed by atoms with Crippen LogP contribution < -0.4 is 11.1 Å². The summed E-state index contributed by atoms with van der Waals surface area (Å²) < 4.78 is 10.3. The number of benzene rings is 2. The molecule has 3 rings (SSSR count). The summed E-state index contributed by atoms with van der Waals surface area (Å²) in [7, 11) is 0. The molecule has 0 aliphatic heterocycles. The first kappa shape index (κ1) is 21.1. The number of nitrogens with one attached hydrogen (secondary N) is 1. The SMILES string of the molecule is CCOC(=O)CC(Cc1ccc(-c2cccc(N)c2)cc1)NC(=O)c1cnc(C)o1. The Hall–Kier alpha value is -3.61. The van der Waals surface area contributed by atoms with Crippen LogP contribution in [0.1, 0.15) is 35.4 Å². The Labute approximate surface area is 175 Å². The highest BCUT2D eigenvalue weighted by molar-refractivity contribution is 5.91. The molecule has 7 heteroatoms. The standard InChI is InChI=1S/C23H25N3O4/c1-3-29-22(27)13-20(26-23(28)21-14-25-15(2)30-21)11-16-7-9-17(10-8-16)18-5-4-6-19(24)12-18/h4-10,12,14,20H,3,11,13,24H2,1-2H3,(H,26,28). The van der Waals surface area contributed by atoms with Gasteiger partial charge in [-0.25, -0.2) is 4.98 Å². The minimum atomic E-state index is -0.444. The molecule has 1 atom stereocenters. The molecule has 0 saturated carbocycles. The molecule has 156 valence electrons. The van der Waals surface area contributed by atoms with E-state index in [4.69, 9.17) is 14.9 Å². The minimum absolute atomic E-state index is 0.0592. The number of carbonyl (C=O) groups is 2. The molecule has 0 saturated heterocycles. The molecule has 2 aromatic carbocycles. The van der Waals surface area contributed by atoms with E-state index in [1.807, 2.05) is 48.5 Å². The summed E-state index contributed by atoms with van der Waals surface area (Å²) in [5.74, 6) is -0.271. The molecule has 3 N–H and O–H groups in total. The number of aryl methyl sites for hydroxylation is 1. The Bertz CT molecular complexity index is 1010. The summed E-state index contributed by atoms with van der Waals surface area (Å²) in [5.41, 5.74) is 9.61. The zero-order valence-electron chi connectivity index (χ0n) is 17.1. The van der Waals surface area contributed by atoms with Gasteiger partial charge in [0.1, 0.15) is 0 Å². The average Bonchev–Trinajstić information content (AvgIpc) is 3.15. The summed E-state index contributed by atoms with van der Waals surface area (Å²) >= 11 is 0. The lowest BCUT2D eigenvalue weighted by molar-refractivity contribution is -0.143. The van der Waals surface area contributed by atoms with Gasteiger partial charge >= 0.3 is 5.97 Å². The van der Waals surface area contributed by atoms with Gasteiger partial charge in [-0.2, -0.15) is 0 Å². The monoisotopic (exact) mass is 407 g/mol. The normalized spacial score (nSPS) is 11.7. The summed E-state index contributed by atoms with van der Waals surface area (Å²) in [6, 6.07) is 15.2. The smallest absolute Gasteiger partial charge is 0.307 e. The molecule has 30 heavy (non-hydrogen) atoms. The van der Waals surface area contributed by atoms with E-state index in [1.54, 1.807) is 13.8 Å². The topological polar surface area (TPSA) is 107 Å². The molecule has 0 spiro atoms. The predicted octanol–water partition coefficient (Wildman–Crippen LogP) is 3.53. The summed E-state index contributed by atoms with van der Waals surface area (Å²) in [5, 5.41) is 2.85. The molecule has 0 bridgehead atoms. The van der Waals surface area contributed by atoms with Crippen LogP contribution in [-0.2, 0) is 16.0 Å². The lowest BCUT2D eigenvalue weighted by atomic mass is 9.99. The molecule has 1 amide bonds. The maximum absolute atomic E-state index is 12.5. The van der Waals surface area contributed by atoms with E-state index in [9.17, 15) is 9.59 Å². The van der Waals surface area contributed by atoms with Crippen molar-refractivity contribution < 1.29 is 18.7 Å². The van der Waals surface area contributed by atoms with Crippen LogP contribution in [0.4, 0.5) is 5.69 Å². The molecule has 3 aromatic rings. The Morgan fingerprint density at radius 1 is 1.17 bits per heavy atom. The van der Waals surface area contributed by atoms with Crippen LogP contribution in [-0.4, -0.2) is 29.5 Å². The van der Waals surface area contributed by atoms with Crippen molar-refractivity contribution in [3.05, 3.63) is 71.9 Å². The van der Waals surface area contributed by atoms with Crippen LogP contribution in [0.25, 0.3) is 11.1 Å². The van der Waals surface area contributed by atoms with Crippen LogP contribution in [0.2, 0.25) is 0 Å². The zero-order chi connectivity index (χ0) is 21.5. The highest BCUT2D eigenvalue weighted by atomic mass is 16.5. The molecular formula is C23H25N3O4. The van der Waals surface area contributed by atoms with Gasteiger partial charge in [-0.3, -0.25) is 9.59 Å². The second-order valence-corrected chi connectivity index (χ2v) is 6.95. The minimum Gasteiger partial charge on any atom is -0.466 e. The van der Waals surface area contributed by atoms with Crippen LogP contribution in [0, 0.1) is 6.92 Å². The van der Waals surface area contributed by atoms with Gasteiger partial charge in [0.2, 0.25) is 5.76 Å². The van der Waals surface area contributed by atoms with Crippen molar-refractivity contribution in [2.45, 2.75) is 32.7 Å². The molecular weight excluding hydrogens is 382 g/mol. The van der Waals surface area contributed by atoms with E-state index in [-0.39, 0.29) is 24.8 Å². The summed E-state index contributed by atoms with van der Waals surface area (Å²) in [6.45, 7) is 3.70. The van der Waals surface area contributed by atoms with Crippen LogP contribution in [0.5, 0.6) is 0 Å². The van der Waals surface area contributed by atoms with E-state index < -0.39 is 11.9 Å². The number of esters is 1. The second kappa shape index (κ2) is 9.73. The van der Waals surface area contributed by atoms with Crippen molar-refractivity contribution in [3.63, 3.8) is 0 Å². The van der Waals surface area contributed by atoms with Gasteiger partial charge in [0, 0.05) is 18.7 Å². The maximum atomic E-state index is 12.5. The van der Waals surface area contributed by atoms with Gasteiger partial charge in [-0.05, 0) is 42.2 Å².